The molecular formula is C21H18N2O6S2. The molecule has 1 fully saturated rings. The lowest BCUT2D eigenvalue weighted by Gasteiger charge is -2.14. The largest absolute Gasteiger partial charge is 0.490 e. The van der Waals surface area contributed by atoms with E-state index in [2.05, 4.69) is 0 Å². The molecule has 0 spiro atoms. The molecule has 2 amide bonds. The van der Waals surface area contributed by atoms with Gasteiger partial charge in [-0.2, -0.15) is 0 Å². The van der Waals surface area contributed by atoms with Crippen LogP contribution < -0.4 is 29.6 Å². The third-order valence-electron chi connectivity index (χ3n) is 4.34. The number of hydrogen-bond acceptors (Lipinski definition) is 8. The summed E-state index contributed by atoms with van der Waals surface area (Å²) >= 11 is 6.64. The maximum atomic E-state index is 13.0. The zero-order valence-corrected chi connectivity index (χ0v) is 18.1. The highest BCUT2D eigenvalue weighted by atomic mass is 32.2. The quantitative estimate of drug-likeness (QED) is 0.499. The van der Waals surface area contributed by atoms with E-state index in [9.17, 15) is 9.59 Å². The molecule has 10 heteroatoms. The number of thiocarbonyl (C=S) groups is 1. The van der Waals surface area contributed by atoms with Crippen LogP contribution >= 0.6 is 24.0 Å². The van der Waals surface area contributed by atoms with Crippen molar-refractivity contribution in [3.63, 3.8) is 0 Å². The summed E-state index contributed by atoms with van der Waals surface area (Å²) in [6, 6.07) is 10.4. The normalized spacial score (nSPS) is 16.2. The Labute approximate surface area is 187 Å². The summed E-state index contributed by atoms with van der Waals surface area (Å²) in [5.41, 5.74) is 6.47. The van der Waals surface area contributed by atoms with Crippen molar-refractivity contribution in [3.05, 3.63) is 46.9 Å². The van der Waals surface area contributed by atoms with Crippen LogP contribution in [0.5, 0.6) is 23.0 Å². The maximum Gasteiger partial charge on any atom is 0.270 e. The lowest BCUT2D eigenvalue weighted by molar-refractivity contribution is -0.120. The van der Waals surface area contributed by atoms with Gasteiger partial charge in [-0.15, -0.1) is 0 Å². The van der Waals surface area contributed by atoms with Crippen molar-refractivity contribution in [1.29, 1.82) is 0 Å². The molecule has 160 valence electrons. The molecule has 0 radical (unpaired) electrons. The molecule has 0 aromatic heterocycles. The molecule has 31 heavy (non-hydrogen) atoms. The predicted molar refractivity (Wildman–Crippen MR) is 121 cm³/mol. The molecule has 0 unspecified atom stereocenters. The molecule has 4 rings (SSSR count). The van der Waals surface area contributed by atoms with Crippen LogP contribution in [0.25, 0.3) is 6.08 Å². The second-order valence-electron chi connectivity index (χ2n) is 6.45. The van der Waals surface area contributed by atoms with Crippen molar-refractivity contribution in [2.75, 3.05) is 24.9 Å². The predicted octanol–water partition coefficient (Wildman–Crippen LogP) is 3.08. The second kappa shape index (κ2) is 8.86. The summed E-state index contributed by atoms with van der Waals surface area (Å²) in [5, 5.41) is 0. The molecule has 2 aliphatic heterocycles. The van der Waals surface area contributed by atoms with Crippen molar-refractivity contribution in [3.8, 4) is 23.0 Å². The SMILES string of the molecule is CCOc1cc(/C=C2\SC(=S)N(c3ccc4c(c3)OCO4)C2=O)ccc1OCC(N)=O. The topological polar surface area (TPSA) is 100 Å². The van der Waals surface area contributed by atoms with Crippen LogP contribution in [0.3, 0.4) is 0 Å². The van der Waals surface area contributed by atoms with Crippen molar-refractivity contribution in [2.45, 2.75) is 6.92 Å². The van der Waals surface area contributed by atoms with Gasteiger partial charge in [-0.05, 0) is 42.8 Å². The van der Waals surface area contributed by atoms with Gasteiger partial charge in [0.1, 0.15) is 0 Å². The molecule has 2 aliphatic rings. The fourth-order valence-corrected chi connectivity index (χ4v) is 4.32. The van der Waals surface area contributed by atoms with E-state index in [4.69, 9.17) is 36.9 Å². The summed E-state index contributed by atoms with van der Waals surface area (Å²) < 4.78 is 22.1. The van der Waals surface area contributed by atoms with Gasteiger partial charge in [0.15, 0.2) is 33.9 Å². The van der Waals surface area contributed by atoms with Crippen LogP contribution in [-0.4, -0.2) is 36.1 Å². The van der Waals surface area contributed by atoms with E-state index in [1.165, 1.54) is 16.7 Å². The van der Waals surface area contributed by atoms with Crippen LogP contribution in [0.2, 0.25) is 0 Å². The maximum absolute atomic E-state index is 13.0. The van der Waals surface area contributed by atoms with Crippen LogP contribution in [-0.2, 0) is 9.59 Å². The number of nitrogens with two attached hydrogens (primary N) is 1. The number of thioether (sulfide) groups is 1. The molecule has 0 atom stereocenters. The number of hydrogen-bond donors (Lipinski definition) is 1. The molecule has 2 N–H and O–H groups in total. The average molecular weight is 459 g/mol. The molecule has 0 bridgehead atoms. The summed E-state index contributed by atoms with van der Waals surface area (Å²) in [4.78, 5) is 26.0. The molecule has 2 aromatic carbocycles. The number of rotatable bonds is 7. The Bertz CT molecular complexity index is 1100. The van der Waals surface area contributed by atoms with Crippen LogP contribution in [0.1, 0.15) is 12.5 Å². The molecular weight excluding hydrogens is 440 g/mol. The highest BCUT2D eigenvalue weighted by molar-refractivity contribution is 8.27. The van der Waals surface area contributed by atoms with Gasteiger partial charge in [-0.1, -0.05) is 30.0 Å². The molecule has 2 aromatic rings. The highest BCUT2D eigenvalue weighted by Crippen LogP contribution is 2.41. The number of ether oxygens (including phenoxy) is 4. The first-order valence-electron chi connectivity index (χ1n) is 9.32. The molecule has 0 aliphatic carbocycles. The first-order chi connectivity index (χ1) is 15.0. The molecule has 0 saturated carbocycles. The number of nitrogens with zero attached hydrogens (tertiary/aromatic N) is 1. The van der Waals surface area contributed by atoms with Crippen molar-refractivity contribution >= 4 is 51.9 Å². The molecule has 2 heterocycles. The van der Waals surface area contributed by atoms with Gasteiger partial charge in [0.05, 0.1) is 17.2 Å². The first-order valence-corrected chi connectivity index (χ1v) is 10.5. The van der Waals surface area contributed by atoms with Crippen molar-refractivity contribution in [2.24, 2.45) is 5.73 Å². The number of fused-ring (bicyclic) bond motifs is 1. The Morgan fingerprint density at radius 2 is 2.00 bits per heavy atom. The van der Waals surface area contributed by atoms with Gasteiger partial charge in [-0.25, -0.2) is 0 Å². The smallest absolute Gasteiger partial charge is 0.270 e. The standard InChI is InChI=1S/C21H18N2O6S2/c1-2-26-16-7-12(3-5-14(16)27-10-19(22)24)8-18-20(25)23(21(30)31-18)13-4-6-15-17(9-13)29-11-28-15/h3-9H,2,10-11H2,1H3,(H2,22,24)/b18-8-. The van der Waals surface area contributed by atoms with E-state index in [1.807, 2.05) is 6.92 Å². The van der Waals surface area contributed by atoms with Crippen molar-refractivity contribution < 1.29 is 28.5 Å². The number of carbonyl (C=O) groups excluding carboxylic acids is 2. The Hall–Kier alpha value is -3.24. The molecule has 1 saturated heterocycles. The van der Waals surface area contributed by atoms with E-state index >= 15 is 0 Å². The van der Waals surface area contributed by atoms with Gasteiger partial charge in [0, 0.05) is 6.07 Å². The zero-order valence-electron chi connectivity index (χ0n) is 16.5. The Morgan fingerprint density at radius 1 is 1.19 bits per heavy atom. The van der Waals surface area contributed by atoms with Crippen LogP contribution in [0.15, 0.2) is 41.3 Å². The van der Waals surface area contributed by atoms with E-state index in [0.717, 1.165) is 5.56 Å². The van der Waals surface area contributed by atoms with E-state index in [0.29, 0.717) is 44.5 Å². The Morgan fingerprint density at radius 3 is 2.77 bits per heavy atom. The lowest BCUT2D eigenvalue weighted by atomic mass is 10.1. The number of anilines is 1. The Balaban J connectivity index is 1.59. The monoisotopic (exact) mass is 458 g/mol. The Kier molecular flexibility index (Phi) is 6.01. The third-order valence-corrected chi connectivity index (χ3v) is 5.65. The van der Waals surface area contributed by atoms with Gasteiger partial charge < -0.3 is 24.7 Å². The van der Waals surface area contributed by atoms with E-state index < -0.39 is 5.91 Å². The van der Waals surface area contributed by atoms with Gasteiger partial charge in [-0.3, -0.25) is 14.5 Å². The number of carbonyl (C=O) groups is 2. The number of primary amides is 1. The summed E-state index contributed by atoms with van der Waals surface area (Å²) in [5.74, 6) is 1.23. The van der Waals surface area contributed by atoms with Crippen molar-refractivity contribution in [1.82, 2.24) is 0 Å². The minimum absolute atomic E-state index is 0.151. The van der Waals surface area contributed by atoms with E-state index in [-0.39, 0.29) is 19.3 Å². The second-order valence-corrected chi connectivity index (χ2v) is 8.12. The zero-order chi connectivity index (χ0) is 22.0. The van der Waals surface area contributed by atoms with E-state index in [1.54, 1.807) is 42.5 Å². The lowest BCUT2D eigenvalue weighted by Crippen LogP contribution is -2.27. The minimum Gasteiger partial charge on any atom is -0.490 e. The van der Waals surface area contributed by atoms with Crippen LogP contribution in [0, 0.1) is 0 Å². The van der Waals surface area contributed by atoms with Crippen LogP contribution in [0.4, 0.5) is 5.69 Å². The fraction of sp³-hybridized carbons (Fsp3) is 0.190. The fourth-order valence-electron chi connectivity index (χ4n) is 3.02. The summed E-state index contributed by atoms with van der Waals surface area (Å²) in [6.07, 6.45) is 1.73. The number of amides is 2. The third kappa shape index (κ3) is 4.44. The summed E-state index contributed by atoms with van der Waals surface area (Å²) in [6.45, 7) is 2.13. The van der Waals surface area contributed by atoms with Gasteiger partial charge in [0.2, 0.25) is 6.79 Å². The minimum atomic E-state index is -0.585. The van der Waals surface area contributed by atoms with Gasteiger partial charge >= 0.3 is 0 Å². The first kappa shape index (κ1) is 21.0. The number of benzene rings is 2. The highest BCUT2D eigenvalue weighted by Gasteiger charge is 2.34. The van der Waals surface area contributed by atoms with Gasteiger partial charge in [0.25, 0.3) is 11.8 Å². The summed E-state index contributed by atoms with van der Waals surface area (Å²) in [7, 11) is 0. The average Bonchev–Trinajstić information content (AvgIpc) is 3.31. The molecule has 8 nitrogen and oxygen atoms in total.